The van der Waals surface area contributed by atoms with Crippen molar-refractivity contribution >= 4 is 29.8 Å². The van der Waals surface area contributed by atoms with Crippen molar-refractivity contribution in [3.8, 4) is 0 Å². The molecular formula is C34H41NO13. The zero-order chi connectivity index (χ0) is 35.2. The van der Waals surface area contributed by atoms with Crippen molar-refractivity contribution in [2.45, 2.75) is 103 Å². The van der Waals surface area contributed by atoms with E-state index in [2.05, 4.69) is 4.98 Å². The van der Waals surface area contributed by atoms with E-state index < -0.39 is 94.9 Å². The maximum Gasteiger partial charge on any atom is 0.341 e. The highest BCUT2D eigenvalue weighted by Crippen LogP contribution is 2.69. The summed E-state index contributed by atoms with van der Waals surface area (Å²) in [6.45, 7) is 9.78. The van der Waals surface area contributed by atoms with Gasteiger partial charge < -0.3 is 37.9 Å². The van der Waals surface area contributed by atoms with Crippen LogP contribution in [0.15, 0.2) is 47.5 Å². The molecule has 1 aliphatic heterocycles. The molecule has 2 aromatic rings. The molecule has 3 fully saturated rings. The molecule has 2 saturated carbocycles. The van der Waals surface area contributed by atoms with Gasteiger partial charge in [0.25, 0.3) is 0 Å². The highest BCUT2D eigenvalue weighted by Gasteiger charge is 2.86. The number of aromatic nitrogens is 1. The van der Waals surface area contributed by atoms with Crippen LogP contribution in [0.5, 0.6) is 0 Å². The molecule has 8 unspecified atom stereocenters. The lowest BCUT2D eigenvalue weighted by molar-refractivity contribution is -0.354. The summed E-state index contributed by atoms with van der Waals surface area (Å²) in [4.78, 5) is 70.1. The Morgan fingerprint density at radius 1 is 0.958 bits per heavy atom. The van der Waals surface area contributed by atoms with Crippen molar-refractivity contribution in [1.82, 2.24) is 4.98 Å². The standard InChI is InChI=1S/C34H41NO13/c1-18(2)28(38)43-17-33-25(46-30(40)22-10-12-42-16-22)13-23-26(45-20(4)37)34(33,48-31(23,5)6)32(7,41)14-24(44-19(3)36)27(33)47-29(39)21-9-8-11-35-15-21/h8-12,15-16,18,23-27,41H,13-14,17H2,1-7H3. The Balaban J connectivity index is 1.82. The second-order valence-electron chi connectivity index (χ2n) is 13.7. The van der Waals surface area contributed by atoms with Crippen molar-refractivity contribution in [3.63, 3.8) is 0 Å². The predicted molar refractivity (Wildman–Crippen MR) is 162 cm³/mol. The molecule has 48 heavy (non-hydrogen) atoms. The molecule has 3 heterocycles. The number of nitrogens with zero attached hydrogens (tertiary/aromatic N) is 1. The molecule has 3 aliphatic rings. The number of carbonyl (C=O) groups is 5. The van der Waals surface area contributed by atoms with E-state index in [-0.39, 0.29) is 24.0 Å². The van der Waals surface area contributed by atoms with Gasteiger partial charge in [0.05, 0.1) is 34.5 Å². The van der Waals surface area contributed by atoms with Crippen molar-refractivity contribution in [2.75, 3.05) is 6.61 Å². The van der Waals surface area contributed by atoms with Crippen molar-refractivity contribution in [1.29, 1.82) is 0 Å². The Kier molecular flexibility index (Phi) is 9.21. The molecule has 0 aromatic carbocycles. The van der Waals surface area contributed by atoms with Gasteiger partial charge in [-0.2, -0.15) is 0 Å². The first-order chi connectivity index (χ1) is 22.5. The zero-order valence-electron chi connectivity index (χ0n) is 27.9. The summed E-state index contributed by atoms with van der Waals surface area (Å²) in [7, 11) is 0. The number of fused-ring (bicyclic) bond motifs is 1. The van der Waals surface area contributed by atoms with Gasteiger partial charge in [0.15, 0.2) is 11.7 Å². The number of ether oxygens (including phenoxy) is 6. The van der Waals surface area contributed by atoms with E-state index in [0.29, 0.717) is 0 Å². The first kappa shape index (κ1) is 35.0. The number of hydrogen-bond acceptors (Lipinski definition) is 14. The molecule has 1 N–H and O–H groups in total. The summed E-state index contributed by atoms with van der Waals surface area (Å²) in [6, 6.07) is 4.37. The van der Waals surface area contributed by atoms with Gasteiger partial charge in [-0.3, -0.25) is 19.4 Å². The lowest BCUT2D eigenvalue weighted by Crippen LogP contribution is -2.83. The maximum absolute atomic E-state index is 13.9. The molecule has 5 rings (SSSR count). The maximum atomic E-state index is 13.9. The van der Waals surface area contributed by atoms with Crippen LogP contribution in [0.1, 0.15) is 82.0 Å². The smallest absolute Gasteiger partial charge is 0.341 e. The average molecular weight is 672 g/mol. The van der Waals surface area contributed by atoms with Crippen LogP contribution in [-0.4, -0.2) is 87.8 Å². The van der Waals surface area contributed by atoms with Crippen LogP contribution >= 0.6 is 0 Å². The van der Waals surface area contributed by atoms with Gasteiger partial charge in [-0.15, -0.1) is 0 Å². The lowest BCUT2D eigenvalue weighted by Gasteiger charge is -2.65. The summed E-state index contributed by atoms with van der Waals surface area (Å²) in [5.74, 6) is -5.20. The molecule has 2 aromatic heterocycles. The van der Waals surface area contributed by atoms with E-state index in [0.717, 1.165) is 6.92 Å². The number of rotatable bonds is 9. The third kappa shape index (κ3) is 5.74. The van der Waals surface area contributed by atoms with Gasteiger partial charge >= 0.3 is 29.8 Å². The molecule has 2 aliphatic carbocycles. The van der Waals surface area contributed by atoms with Crippen LogP contribution in [-0.2, 0) is 42.8 Å². The van der Waals surface area contributed by atoms with Crippen LogP contribution in [0.2, 0.25) is 0 Å². The fourth-order valence-electron chi connectivity index (χ4n) is 7.82. The SMILES string of the molecule is CC(=O)OC1CC(C)(O)C23OC(C)(C)C(CC(OC(=O)c4ccoc4)C2(COC(=O)C(C)C)C1OC(=O)c1cccnc1)C3OC(C)=O. The van der Waals surface area contributed by atoms with Gasteiger partial charge in [0, 0.05) is 38.6 Å². The van der Waals surface area contributed by atoms with E-state index in [1.165, 1.54) is 57.0 Å². The second kappa shape index (κ2) is 12.6. The van der Waals surface area contributed by atoms with Crippen molar-refractivity contribution in [2.24, 2.45) is 17.3 Å². The van der Waals surface area contributed by atoms with Crippen LogP contribution in [0.3, 0.4) is 0 Å². The highest BCUT2D eigenvalue weighted by molar-refractivity contribution is 5.90. The van der Waals surface area contributed by atoms with E-state index >= 15 is 0 Å². The Bertz CT molecular complexity index is 1550. The van der Waals surface area contributed by atoms with Gasteiger partial charge in [0.1, 0.15) is 36.6 Å². The minimum Gasteiger partial charge on any atom is -0.472 e. The van der Waals surface area contributed by atoms with Gasteiger partial charge in [-0.05, 0) is 45.4 Å². The Morgan fingerprint density at radius 3 is 2.23 bits per heavy atom. The zero-order valence-corrected chi connectivity index (χ0v) is 27.9. The van der Waals surface area contributed by atoms with E-state index in [1.54, 1.807) is 27.7 Å². The summed E-state index contributed by atoms with van der Waals surface area (Å²) in [5.41, 5.74) is -7.25. The van der Waals surface area contributed by atoms with Gasteiger partial charge in [-0.1, -0.05) is 13.8 Å². The Morgan fingerprint density at radius 2 is 1.65 bits per heavy atom. The predicted octanol–water partition coefficient (Wildman–Crippen LogP) is 3.20. The minimum absolute atomic E-state index is 0.0321. The van der Waals surface area contributed by atoms with Crippen LogP contribution < -0.4 is 0 Å². The number of pyridine rings is 1. The van der Waals surface area contributed by atoms with Crippen LogP contribution in [0.4, 0.5) is 0 Å². The summed E-state index contributed by atoms with van der Waals surface area (Å²) in [5, 5.41) is 12.6. The average Bonchev–Trinajstić information content (AvgIpc) is 3.59. The molecule has 14 heteroatoms. The first-order valence-corrected chi connectivity index (χ1v) is 15.7. The largest absolute Gasteiger partial charge is 0.472 e. The van der Waals surface area contributed by atoms with E-state index in [4.69, 9.17) is 32.8 Å². The molecule has 14 nitrogen and oxygen atoms in total. The molecule has 0 amide bonds. The molecule has 8 atom stereocenters. The number of esters is 5. The molecule has 260 valence electrons. The third-order valence-electron chi connectivity index (χ3n) is 9.73. The molecule has 2 bridgehead atoms. The van der Waals surface area contributed by atoms with E-state index in [9.17, 15) is 29.1 Å². The Labute approximate surface area is 277 Å². The molecule has 0 radical (unpaired) electrons. The topological polar surface area (TPSA) is 187 Å². The minimum atomic E-state index is -2.08. The summed E-state index contributed by atoms with van der Waals surface area (Å²) in [6.07, 6.45) is -0.832. The van der Waals surface area contributed by atoms with Gasteiger partial charge in [-0.25, -0.2) is 9.59 Å². The summed E-state index contributed by atoms with van der Waals surface area (Å²) < 4.78 is 42.1. The number of carbonyl (C=O) groups excluding carboxylic acids is 5. The quantitative estimate of drug-likeness (QED) is 0.302. The third-order valence-corrected chi connectivity index (χ3v) is 9.73. The normalized spacial score (nSPS) is 33.2. The number of aliphatic hydroxyl groups is 1. The number of furan rings is 1. The lowest BCUT2D eigenvalue weighted by atomic mass is 9.46. The monoisotopic (exact) mass is 671 g/mol. The van der Waals surface area contributed by atoms with Crippen LogP contribution in [0.25, 0.3) is 0 Å². The van der Waals surface area contributed by atoms with E-state index in [1.807, 2.05) is 0 Å². The molecular weight excluding hydrogens is 630 g/mol. The fraction of sp³-hybridized carbons (Fsp3) is 0.588. The first-order valence-electron chi connectivity index (χ1n) is 15.7. The molecule has 1 spiro atoms. The fourth-order valence-corrected chi connectivity index (χ4v) is 7.82. The summed E-state index contributed by atoms with van der Waals surface area (Å²) >= 11 is 0. The Hall–Kier alpha value is -4.30. The van der Waals surface area contributed by atoms with Crippen molar-refractivity contribution in [3.05, 3.63) is 54.2 Å². The van der Waals surface area contributed by atoms with Crippen LogP contribution in [0, 0.1) is 17.3 Å². The van der Waals surface area contributed by atoms with Crippen molar-refractivity contribution < 1.29 is 61.9 Å². The highest BCUT2D eigenvalue weighted by atomic mass is 16.6. The van der Waals surface area contributed by atoms with Gasteiger partial charge in [0.2, 0.25) is 0 Å². The second-order valence-corrected chi connectivity index (χ2v) is 13.7. The molecule has 1 saturated heterocycles. The number of hydrogen-bond donors (Lipinski definition) is 1.